The number of nitrogens with zero attached hydrogens (tertiary/aromatic N) is 1. The van der Waals surface area contributed by atoms with E-state index < -0.39 is 10.0 Å². The van der Waals surface area contributed by atoms with Crippen LogP contribution in [0.2, 0.25) is 0 Å². The highest BCUT2D eigenvalue weighted by atomic mass is 32.2. The molecule has 1 amide bonds. The number of rotatable bonds is 6. The average Bonchev–Trinajstić information content (AvgIpc) is 2.61. The van der Waals surface area contributed by atoms with Crippen LogP contribution in [-0.4, -0.2) is 32.7 Å². The molecule has 0 bridgehead atoms. The Bertz CT molecular complexity index is 843. The lowest BCUT2D eigenvalue weighted by Crippen LogP contribution is -2.27. The Hall–Kier alpha value is -2.18. The summed E-state index contributed by atoms with van der Waals surface area (Å²) in [5.41, 5.74) is 2.56. The van der Waals surface area contributed by atoms with Crippen LogP contribution < -0.4 is 5.32 Å². The number of benzene rings is 2. The molecule has 6 heteroatoms. The first kappa shape index (κ1) is 19.1. The van der Waals surface area contributed by atoms with Crippen molar-refractivity contribution in [1.82, 2.24) is 9.62 Å². The second kappa shape index (κ2) is 7.80. The highest BCUT2D eigenvalue weighted by molar-refractivity contribution is 7.89. The maximum absolute atomic E-state index is 12.5. The third kappa shape index (κ3) is 4.46. The van der Waals surface area contributed by atoms with Gasteiger partial charge in [0.05, 0.1) is 10.9 Å². The summed E-state index contributed by atoms with van der Waals surface area (Å²) in [6.07, 6.45) is 0.966. The van der Waals surface area contributed by atoms with Crippen molar-refractivity contribution in [1.29, 1.82) is 0 Å². The largest absolute Gasteiger partial charge is 0.346 e. The maximum Gasteiger partial charge on any atom is 0.251 e. The van der Waals surface area contributed by atoms with Crippen LogP contribution >= 0.6 is 0 Å². The lowest BCUT2D eigenvalue weighted by Gasteiger charge is -2.16. The third-order valence-corrected chi connectivity index (χ3v) is 5.92. The molecule has 1 unspecified atom stereocenters. The lowest BCUT2D eigenvalue weighted by molar-refractivity contribution is 0.0939. The SMILES string of the molecule is CCc1ccc(C(C)NC(=O)c2cccc(S(=O)(=O)N(C)C)c2)cc1. The minimum absolute atomic E-state index is 0.102. The van der Waals surface area contributed by atoms with Gasteiger partial charge in [0, 0.05) is 19.7 Å². The van der Waals surface area contributed by atoms with Crippen molar-refractivity contribution in [2.75, 3.05) is 14.1 Å². The zero-order valence-electron chi connectivity index (χ0n) is 15.0. The number of aryl methyl sites for hydroxylation is 1. The average molecular weight is 360 g/mol. The van der Waals surface area contributed by atoms with E-state index >= 15 is 0 Å². The molecule has 0 heterocycles. The van der Waals surface area contributed by atoms with Crippen molar-refractivity contribution in [2.24, 2.45) is 0 Å². The summed E-state index contributed by atoms with van der Waals surface area (Å²) in [5, 5.41) is 2.91. The summed E-state index contributed by atoms with van der Waals surface area (Å²) in [6.45, 7) is 3.99. The number of amides is 1. The molecule has 2 aromatic carbocycles. The maximum atomic E-state index is 12.5. The van der Waals surface area contributed by atoms with Gasteiger partial charge in [-0.15, -0.1) is 0 Å². The molecule has 25 heavy (non-hydrogen) atoms. The van der Waals surface area contributed by atoms with E-state index in [2.05, 4.69) is 12.2 Å². The van der Waals surface area contributed by atoms with E-state index in [1.54, 1.807) is 12.1 Å². The first-order valence-electron chi connectivity index (χ1n) is 8.18. The number of nitrogens with one attached hydrogen (secondary N) is 1. The molecule has 0 aliphatic heterocycles. The van der Waals surface area contributed by atoms with E-state index in [1.165, 1.54) is 31.8 Å². The molecule has 0 radical (unpaired) electrons. The van der Waals surface area contributed by atoms with Crippen LogP contribution in [0.5, 0.6) is 0 Å². The monoisotopic (exact) mass is 360 g/mol. The summed E-state index contributed by atoms with van der Waals surface area (Å²) in [6, 6.07) is 14.0. The van der Waals surface area contributed by atoms with E-state index in [9.17, 15) is 13.2 Å². The van der Waals surface area contributed by atoms with E-state index in [0.29, 0.717) is 5.56 Å². The summed E-state index contributed by atoms with van der Waals surface area (Å²) in [4.78, 5) is 12.6. The van der Waals surface area contributed by atoms with Crippen molar-refractivity contribution in [3.63, 3.8) is 0 Å². The van der Waals surface area contributed by atoms with Crippen LogP contribution in [0.15, 0.2) is 53.4 Å². The molecular formula is C19H24N2O3S. The van der Waals surface area contributed by atoms with Crippen LogP contribution in [0.25, 0.3) is 0 Å². The minimum Gasteiger partial charge on any atom is -0.346 e. The van der Waals surface area contributed by atoms with Gasteiger partial charge in [0.15, 0.2) is 0 Å². The van der Waals surface area contributed by atoms with E-state index in [0.717, 1.165) is 16.3 Å². The fraction of sp³-hybridized carbons (Fsp3) is 0.316. The molecule has 0 saturated carbocycles. The van der Waals surface area contributed by atoms with E-state index in [4.69, 9.17) is 0 Å². The van der Waals surface area contributed by atoms with Gasteiger partial charge in [0.25, 0.3) is 5.91 Å². The van der Waals surface area contributed by atoms with Gasteiger partial charge >= 0.3 is 0 Å². The molecule has 0 fully saturated rings. The third-order valence-electron chi connectivity index (χ3n) is 4.11. The molecule has 5 nitrogen and oxygen atoms in total. The number of hydrogen-bond acceptors (Lipinski definition) is 3. The fourth-order valence-electron chi connectivity index (χ4n) is 2.41. The number of carbonyl (C=O) groups excluding carboxylic acids is 1. The van der Waals surface area contributed by atoms with Crippen molar-refractivity contribution in [3.8, 4) is 0 Å². The molecule has 2 rings (SSSR count). The smallest absolute Gasteiger partial charge is 0.251 e. The first-order chi connectivity index (χ1) is 11.8. The molecule has 0 aliphatic rings. The molecular weight excluding hydrogens is 336 g/mol. The van der Waals surface area contributed by atoms with Gasteiger partial charge in [-0.25, -0.2) is 12.7 Å². The molecule has 0 saturated heterocycles. The summed E-state index contributed by atoms with van der Waals surface area (Å²) in [7, 11) is -0.643. The van der Waals surface area contributed by atoms with Gasteiger partial charge in [-0.2, -0.15) is 0 Å². The Labute approximate surface area is 149 Å². The molecule has 0 aliphatic carbocycles. The topological polar surface area (TPSA) is 66.5 Å². The van der Waals surface area contributed by atoms with Crippen LogP contribution in [0, 0.1) is 0 Å². The van der Waals surface area contributed by atoms with Crippen molar-refractivity contribution >= 4 is 15.9 Å². The highest BCUT2D eigenvalue weighted by Gasteiger charge is 2.19. The second-order valence-electron chi connectivity index (χ2n) is 6.11. The Kier molecular flexibility index (Phi) is 5.98. The van der Waals surface area contributed by atoms with Crippen LogP contribution in [0.1, 0.15) is 41.4 Å². The highest BCUT2D eigenvalue weighted by Crippen LogP contribution is 2.17. The summed E-state index contributed by atoms with van der Waals surface area (Å²) >= 11 is 0. The molecule has 134 valence electrons. The first-order valence-corrected chi connectivity index (χ1v) is 9.62. The van der Waals surface area contributed by atoms with Gasteiger partial charge in [0.2, 0.25) is 10.0 Å². The molecule has 2 aromatic rings. The van der Waals surface area contributed by atoms with Gasteiger partial charge in [-0.1, -0.05) is 37.3 Å². The zero-order valence-corrected chi connectivity index (χ0v) is 15.8. The predicted molar refractivity (Wildman–Crippen MR) is 99.0 cm³/mol. The Balaban J connectivity index is 2.17. The standard InChI is InChI=1S/C19H24N2O3S/c1-5-15-9-11-16(12-10-15)14(2)20-19(22)17-7-6-8-18(13-17)25(23,24)21(3)4/h6-14H,5H2,1-4H3,(H,20,22). The lowest BCUT2D eigenvalue weighted by atomic mass is 10.0. The summed E-state index contributed by atoms with van der Waals surface area (Å²) in [5.74, 6) is -0.303. The van der Waals surface area contributed by atoms with Gasteiger partial charge in [-0.05, 0) is 42.7 Å². The number of carbonyl (C=O) groups is 1. The Morgan fingerprint density at radius 2 is 1.76 bits per heavy atom. The van der Waals surface area contributed by atoms with Gasteiger partial charge < -0.3 is 5.32 Å². The molecule has 1 N–H and O–H groups in total. The number of sulfonamides is 1. The fourth-order valence-corrected chi connectivity index (χ4v) is 3.36. The minimum atomic E-state index is -3.57. The second-order valence-corrected chi connectivity index (χ2v) is 8.26. The number of hydrogen-bond donors (Lipinski definition) is 1. The summed E-state index contributed by atoms with van der Waals surface area (Å²) < 4.78 is 25.5. The van der Waals surface area contributed by atoms with Gasteiger partial charge in [0.1, 0.15) is 0 Å². The van der Waals surface area contributed by atoms with Crippen LogP contribution in [0.3, 0.4) is 0 Å². The quantitative estimate of drug-likeness (QED) is 0.861. The van der Waals surface area contributed by atoms with E-state index in [-0.39, 0.29) is 16.8 Å². The van der Waals surface area contributed by atoms with Crippen LogP contribution in [-0.2, 0) is 16.4 Å². The molecule has 0 spiro atoms. The molecule has 0 aromatic heterocycles. The molecule has 1 atom stereocenters. The van der Waals surface area contributed by atoms with Crippen molar-refractivity contribution in [2.45, 2.75) is 31.2 Å². The van der Waals surface area contributed by atoms with Crippen molar-refractivity contribution in [3.05, 3.63) is 65.2 Å². The van der Waals surface area contributed by atoms with Crippen LogP contribution in [0.4, 0.5) is 0 Å². The predicted octanol–water partition coefficient (Wildman–Crippen LogP) is 2.99. The van der Waals surface area contributed by atoms with Crippen molar-refractivity contribution < 1.29 is 13.2 Å². The van der Waals surface area contributed by atoms with E-state index in [1.807, 2.05) is 31.2 Å². The normalized spacial score (nSPS) is 12.8. The Morgan fingerprint density at radius 1 is 1.12 bits per heavy atom. The Morgan fingerprint density at radius 3 is 2.32 bits per heavy atom. The zero-order chi connectivity index (χ0) is 18.6. The van der Waals surface area contributed by atoms with Gasteiger partial charge in [-0.3, -0.25) is 4.79 Å².